The van der Waals surface area contributed by atoms with Gasteiger partial charge in [0.2, 0.25) is 0 Å². The van der Waals surface area contributed by atoms with E-state index in [2.05, 4.69) is 0 Å². The fourth-order valence-corrected chi connectivity index (χ4v) is 2.05. The van der Waals surface area contributed by atoms with E-state index in [0.717, 1.165) is 12.3 Å². The maximum Gasteiger partial charge on any atom is 0.178 e. The lowest BCUT2D eigenvalue weighted by Gasteiger charge is -2.06. The number of aryl methyl sites for hydroxylation is 1. The summed E-state index contributed by atoms with van der Waals surface area (Å²) < 4.78 is 48.9. The van der Waals surface area contributed by atoms with Crippen LogP contribution in [-0.2, 0) is 16.3 Å². The first-order valence-electron chi connectivity index (χ1n) is 4.65. The molecule has 0 fully saturated rings. The van der Waals surface area contributed by atoms with Crippen LogP contribution < -0.4 is 0 Å². The van der Waals surface area contributed by atoms with Crippen molar-refractivity contribution in [3.05, 3.63) is 29.3 Å². The summed E-state index contributed by atoms with van der Waals surface area (Å²) in [4.78, 5) is -0.641. The normalized spacial score (nSPS) is 11.8. The molecule has 1 N–H and O–H groups in total. The molecule has 0 aromatic heterocycles. The minimum atomic E-state index is -3.76. The van der Waals surface area contributed by atoms with Crippen LogP contribution in [0.3, 0.4) is 0 Å². The van der Waals surface area contributed by atoms with Crippen molar-refractivity contribution in [2.24, 2.45) is 0 Å². The minimum absolute atomic E-state index is 0.0685. The van der Waals surface area contributed by atoms with Gasteiger partial charge in [0.15, 0.2) is 21.5 Å². The van der Waals surface area contributed by atoms with Gasteiger partial charge < -0.3 is 5.11 Å². The largest absolute Gasteiger partial charge is 0.396 e. The summed E-state index contributed by atoms with van der Waals surface area (Å²) in [5.74, 6) is -2.51. The molecule has 0 saturated heterocycles. The first-order chi connectivity index (χ1) is 7.38. The molecule has 0 atom stereocenters. The zero-order valence-corrected chi connectivity index (χ0v) is 9.52. The highest BCUT2D eigenvalue weighted by atomic mass is 32.2. The van der Waals surface area contributed by atoms with Crippen molar-refractivity contribution in [1.29, 1.82) is 0 Å². The lowest BCUT2D eigenvalue weighted by atomic mass is 10.1. The Hall–Kier alpha value is -1.01. The third-order valence-electron chi connectivity index (χ3n) is 2.13. The highest BCUT2D eigenvalue weighted by molar-refractivity contribution is 7.90. The van der Waals surface area contributed by atoms with Gasteiger partial charge in [0.05, 0.1) is 0 Å². The zero-order chi connectivity index (χ0) is 12.3. The van der Waals surface area contributed by atoms with Crippen LogP contribution in [0.1, 0.15) is 12.0 Å². The summed E-state index contributed by atoms with van der Waals surface area (Å²) in [7, 11) is -3.76. The number of aliphatic hydroxyl groups is 1. The third-order valence-corrected chi connectivity index (χ3v) is 3.24. The number of hydrogen-bond acceptors (Lipinski definition) is 3. The molecule has 0 aliphatic rings. The average Bonchev–Trinajstić information content (AvgIpc) is 2.18. The molecule has 0 aliphatic heterocycles. The van der Waals surface area contributed by atoms with Crippen LogP contribution in [0, 0.1) is 11.6 Å². The first kappa shape index (κ1) is 13.1. The molecule has 0 aliphatic carbocycles. The van der Waals surface area contributed by atoms with Crippen molar-refractivity contribution < 1.29 is 22.3 Å². The highest BCUT2D eigenvalue weighted by Gasteiger charge is 2.19. The number of benzene rings is 1. The molecule has 3 nitrogen and oxygen atoms in total. The zero-order valence-electron chi connectivity index (χ0n) is 8.70. The van der Waals surface area contributed by atoms with Crippen molar-refractivity contribution >= 4 is 9.84 Å². The predicted octanol–water partition coefficient (Wildman–Crippen LogP) is 1.29. The summed E-state index contributed by atoms with van der Waals surface area (Å²) in [6, 6.07) is 2.27. The summed E-state index contributed by atoms with van der Waals surface area (Å²) in [6.07, 6.45) is 1.29. The van der Waals surface area contributed by atoms with Crippen molar-refractivity contribution in [3.63, 3.8) is 0 Å². The van der Waals surface area contributed by atoms with Gasteiger partial charge >= 0.3 is 0 Å². The molecule has 0 spiro atoms. The summed E-state index contributed by atoms with van der Waals surface area (Å²) in [5, 5.41) is 8.56. The Kier molecular flexibility index (Phi) is 3.98. The van der Waals surface area contributed by atoms with E-state index in [9.17, 15) is 17.2 Å². The minimum Gasteiger partial charge on any atom is -0.396 e. The quantitative estimate of drug-likeness (QED) is 0.876. The van der Waals surface area contributed by atoms with Gasteiger partial charge in [0.25, 0.3) is 0 Å². The summed E-state index contributed by atoms with van der Waals surface area (Å²) >= 11 is 0. The van der Waals surface area contributed by atoms with E-state index in [1.54, 1.807) is 0 Å². The maximum absolute atomic E-state index is 13.4. The van der Waals surface area contributed by atoms with Crippen LogP contribution in [-0.4, -0.2) is 26.4 Å². The molecule has 0 bridgehead atoms. The Morgan fingerprint density at radius 3 is 2.38 bits per heavy atom. The van der Waals surface area contributed by atoms with E-state index < -0.39 is 26.4 Å². The molecular weight excluding hydrogens is 238 g/mol. The SMILES string of the molecule is CS(=O)(=O)c1ccc(CCCO)c(F)c1F. The third kappa shape index (κ3) is 2.76. The van der Waals surface area contributed by atoms with Gasteiger partial charge in [-0.2, -0.15) is 0 Å². The van der Waals surface area contributed by atoms with Gasteiger partial charge in [-0.3, -0.25) is 0 Å². The molecule has 6 heteroatoms. The van der Waals surface area contributed by atoms with Crippen LogP contribution in [0.5, 0.6) is 0 Å². The fourth-order valence-electron chi connectivity index (χ4n) is 1.32. The average molecular weight is 250 g/mol. The Balaban J connectivity index is 3.19. The molecule has 16 heavy (non-hydrogen) atoms. The number of sulfone groups is 1. The van der Waals surface area contributed by atoms with Crippen LogP contribution in [0.4, 0.5) is 8.78 Å². The number of rotatable bonds is 4. The van der Waals surface area contributed by atoms with E-state index in [0.29, 0.717) is 6.42 Å². The topological polar surface area (TPSA) is 54.4 Å². The van der Waals surface area contributed by atoms with Crippen molar-refractivity contribution in [2.45, 2.75) is 17.7 Å². The van der Waals surface area contributed by atoms with Gasteiger partial charge in [0, 0.05) is 12.9 Å². The van der Waals surface area contributed by atoms with Crippen molar-refractivity contribution in [3.8, 4) is 0 Å². The Morgan fingerprint density at radius 2 is 1.88 bits per heavy atom. The Labute approximate surface area is 92.6 Å². The number of aliphatic hydroxyl groups excluding tert-OH is 1. The monoisotopic (exact) mass is 250 g/mol. The number of hydrogen-bond donors (Lipinski definition) is 1. The second-order valence-corrected chi connectivity index (χ2v) is 5.43. The van der Waals surface area contributed by atoms with Gasteiger partial charge in [-0.05, 0) is 24.5 Å². The maximum atomic E-state index is 13.4. The van der Waals surface area contributed by atoms with Crippen molar-refractivity contribution in [1.82, 2.24) is 0 Å². The summed E-state index contributed by atoms with van der Waals surface area (Å²) in [5.41, 5.74) is 0.0685. The molecule has 90 valence electrons. The van der Waals surface area contributed by atoms with Crippen molar-refractivity contribution in [2.75, 3.05) is 12.9 Å². The van der Waals surface area contributed by atoms with E-state index in [-0.39, 0.29) is 18.6 Å². The molecule has 0 saturated carbocycles. The fraction of sp³-hybridized carbons (Fsp3) is 0.400. The molecule has 1 rings (SSSR count). The van der Waals surface area contributed by atoms with Crippen LogP contribution in [0.25, 0.3) is 0 Å². The van der Waals surface area contributed by atoms with Crippen LogP contribution in [0.2, 0.25) is 0 Å². The molecule has 1 aromatic carbocycles. The smallest absolute Gasteiger partial charge is 0.178 e. The summed E-state index contributed by atoms with van der Waals surface area (Å²) in [6.45, 7) is -0.130. The molecule has 0 unspecified atom stereocenters. The van der Waals surface area contributed by atoms with Gasteiger partial charge in [-0.15, -0.1) is 0 Å². The second-order valence-electron chi connectivity index (χ2n) is 3.45. The highest BCUT2D eigenvalue weighted by Crippen LogP contribution is 2.21. The predicted molar refractivity (Wildman–Crippen MR) is 54.9 cm³/mol. The van der Waals surface area contributed by atoms with Gasteiger partial charge in [0.1, 0.15) is 4.90 Å². The Bertz CT molecular complexity index is 483. The van der Waals surface area contributed by atoms with E-state index >= 15 is 0 Å². The van der Waals surface area contributed by atoms with Crippen LogP contribution >= 0.6 is 0 Å². The Morgan fingerprint density at radius 1 is 1.25 bits per heavy atom. The molecule has 1 aromatic rings. The standard InChI is InChI=1S/C10H12F2O3S/c1-16(14,15)8-5-4-7(3-2-6-13)9(11)10(8)12/h4-5,13H,2-3,6H2,1H3. The molecule has 0 radical (unpaired) electrons. The van der Waals surface area contributed by atoms with Gasteiger partial charge in [-0.25, -0.2) is 17.2 Å². The molecular formula is C10H12F2O3S. The van der Waals surface area contributed by atoms with Gasteiger partial charge in [-0.1, -0.05) is 6.07 Å². The lowest BCUT2D eigenvalue weighted by Crippen LogP contribution is -2.05. The van der Waals surface area contributed by atoms with Crippen LogP contribution in [0.15, 0.2) is 17.0 Å². The van der Waals surface area contributed by atoms with E-state index in [1.165, 1.54) is 6.07 Å². The molecule has 0 heterocycles. The molecule has 0 amide bonds. The lowest BCUT2D eigenvalue weighted by molar-refractivity contribution is 0.287. The first-order valence-corrected chi connectivity index (χ1v) is 6.55. The number of halogens is 2. The van der Waals surface area contributed by atoms with E-state index in [1.807, 2.05) is 0 Å². The second kappa shape index (κ2) is 4.88. The van der Waals surface area contributed by atoms with E-state index in [4.69, 9.17) is 5.11 Å².